The zero-order valence-electron chi connectivity index (χ0n) is 11.3. The summed E-state index contributed by atoms with van der Waals surface area (Å²) in [6.07, 6.45) is 3.40. The van der Waals surface area contributed by atoms with Crippen LogP contribution in [0.2, 0.25) is 0 Å². The summed E-state index contributed by atoms with van der Waals surface area (Å²) in [6, 6.07) is 3.61. The van der Waals surface area contributed by atoms with E-state index in [9.17, 15) is 4.79 Å². The minimum atomic E-state index is -0.0954. The average molecular weight is 260 g/mol. The highest BCUT2D eigenvalue weighted by Gasteiger charge is 2.20. The van der Waals surface area contributed by atoms with Crippen LogP contribution in [0.15, 0.2) is 31.0 Å². The molecule has 1 fully saturated rings. The first-order chi connectivity index (χ1) is 9.22. The van der Waals surface area contributed by atoms with Gasteiger partial charge < -0.3 is 15.1 Å². The smallest absolute Gasteiger partial charge is 0.255 e. The molecule has 0 aliphatic carbocycles. The van der Waals surface area contributed by atoms with Crippen molar-refractivity contribution < 1.29 is 4.79 Å². The van der Waals surface area contributed by atoms with Crippen molar-refractivity contribution in [1.29, 1.82) is 0 Å². The van der Waals surface area contributed by atoms with Crippen LogP contribution >= 0.6 is 0 Å². The maximum atomic E-state index is 12.1. The molecule has 1 aromatic heterocycles. The Hall–Kier alpha value is -1.88. The Balaban J connectivity index is 2.16. The molecule has 2 rings (SSSR count). The van der Waals surface area contributed by atoms with Crippen molar-refractivity contribution in [3.63, 3.8) is 0 Å². The van der Waals surface area contributed by atoms with Crippen LogP contribution in [0.5, 0.6) is 0 Å². The zero-order valence-corrected chi connectivity index (χ0v) is 11.3. The lowest BCUT2D eigenvalue weighted by atomic mass is 10.2. The molecule has 0 aromatic carbocycles. The average Bonchev–Trinajstić information content (AvgIpc) is 2.45. The SMILES string of the molecule is C=CCNC(=O)c1cccnc1N1CCN(C)CC1. The Morgan fingerprint density at radius 2 is 2.21 bits per heavy atom. The van der Waals surface area contributed by atoms with Gasteiger partial charge in [0, 0.05) is 38.9 Å². The van der Waals surface area contributed by atoms with E-state index in [0.717, 1.165) is 32.0 Å². The second kappa shape index (κ2) is 6.33. The van der Waals surface area contributed by atoms with Crippen molar-refractivity contribution in [3.05, 3.63) is 36.5 Å². The molecule has 1 saturated heterocycles. The van der Waals surface area contributed by atoms with Crippen LogP contribution in [0, 0.1) is 0 Å². The predicted molar refractivity (Wildman–Crippen MR) is 76.5 cm³/mol. The molecule has 2 heterocycles. The van der Waals surface area contributed by atoms with Crippen molar-refractivity contribution in [3.8, 4) is 0 Å². The molecule has 0 radical (unpaired) electrons. The normalized spacial score (nSPS) is 16.2. The van der Waals surface area contributed by atoms with E-state index in [1.807, 2.05) is 6.07 Å². The molecule has 0 saturated carbocycles. The summed E-state index contributed by atoms with van der Waals surface area (Å²) in [7, 11) is 2.10. The summed E-state index contributed by atoms with van der Waals surface area (Å²) in [4.78, 5) is 20.9. The molecule has 1 amide bonds. The number of carbonyl (C=O) groups excluding carboxylic acids is 1. The second-order valence-corrected chi connectivity index (χ2v) is 4.66. The molecule has 19 heavy (non-hydrogen) atoms. The first-order valence-electron chi connectivity index (χ1n) is 6.50. The first-order valence-corrected chi connectivity index (χ1v) is 6.50. The van der Waals surface area contributed by atoms with Gasteiger partial charge in [0.1, 0.15) is 5.82 Å². The number of hydrogen-bond donors (Lipinski definition) is 1. The molecule has 5 nitrogen and oxygen atoms in total. The Bertz CT molecular complexity index is 453. The van der Waals surface area contributed by atoms with Crippen molar-refractivity contribution in [2.75, 3.05) is 44.7 Å². The molecule has 0 atom stereocenters. The number of nitrogens with one attached hydrogen (secondary N) is 1. The third-order valence-corrected chi connectivity index (χ3v) is 3.24. The Morgan fingerprint density at radius 3 is 2.89 bits per heavy atom. The number of nitrogens with zero attached hydrogens (tertiary/aromatic N) is 3. The summed E-state index contributed by atoms with van der Waals surface area (Å²) >= 11 is 0. The summed E-state index contributed by atoms with van der Waals surface area (Å²) < 4.78 is 0. The summed E-state index contributed by atoms with van der Waals surface area (Å²) in [5.41, 5.74) is 0.633. The van der Waals surface area contributed by atoms with E-state index in [0.29, 0.717) is 12.1 Å². The van der Waals surface area contributed by atoms with Crippen molar-refractivity contribution in [1.82, 2.24) is 15.2 Å². The van der Waals surface area contributed by atoms with Crippen LogP contribution in [0.3, 0.4) is 0 Å². The van der Waals surface area contributed by atoms with Gasteiger partial charge in [-0.15, -0.1) is 6.58 Å². The Labute approximate surface area is 113 Å². The highest BCUT2D eigenvalue weighted by molar-refractivity contribution is 5.98. The fourth-order valence-electron chi connectivity index (χ4n) is 2.10. The lowest BCUT2D eigenvalue weighted by Gasteiger charge is -2.34. The molecule has 0 spiro atoms. The number of pyridine rings is 1. The van der Waals surface area contributed by atoms with Gasteiger partial charge in [-0.2, -0.15) is 0 Å². The van der Waals surface area contributed by atoms with Gasteiger partial charge in [-0.05, 0) is 19.2 Å². The third kappa shape index (κ3) is 3.32. The van der Waals surface area contributed by atoms with Gasteiger partial charge in [0.2, 0.25) is 0 Å². The van der Waals surface area contributed by atoms with E-state index in [4.69, 9.17) is 0 Å². The molecule has 0 unspecified atom stereocenters. The first kappa shape index (κ1) is 13.5. The molecular weight excluding hydrogens is 240 g/mol. The minimum absolute atomic E-state index is 0.0954. The van der Waals surface area contributed by atoms with Crippen LogP contribution in [-0.4, -0.2) is 55.6 Å². The maximum Gasteiger partial charge on any atom is 0.255 e. The van der Waals surface area contributed by atoms with E-state index < -0.39 is 0 Å². The molecule has 0 bridgehead atoms. The number of carbonyl (C=O) groups is 1. The van der Waals surface area contributed by atoms with Crippen LogP contribution in [0.25, 0.3) is 0 Å². The van der Waals surface area contributed by atoms with Gasteiger partial charge in [0.25, 0.3) is 5.91 Å². The van der Waals surface area contributed by atoms with Crippen LogP contribution in [0.4, 0.5) is 5.82 Å². The van der Waals surface area contributed by atoms with Gasteiger partial charge in [-0.1, -0.05) is 6.08 Å². The Kier molecular flexibility index (Phi) is 4.52. The quantitative estimate of drug-likeness (QED) is 0.812. The lowest BCUT2D eigenvalue weighted by molar-refractivity contribution is 0.0958. The fourth-order valence-corrected chi connectivity index (χ4v) is 2.10. The van der Waals surface area contributed by atoms with E-state index >= 15 is 0 Å². The molecule has 1 aromatic rings. The number of rotatable bonds is 4. The van der Waals surface area contributed by atoms with Crippen molar-refractivity contribution >= 4 is 11.7 Å². The number of aromatic nitrogens is 1. The number of amides is 1. The van der Waals surface area contributed by atoms with Crippen molar-refractivity contribution in [2.45, 2.75) is 0 Å². The molecule has 1 aliphatic rings. The van der Waals surface area contributed by atoms with Crippen molar-refractivity contribution in [2.24, 2.45) is 0 Å². The topological polar surface area (TPSA) is 48.5 Å². The molecule has 5 heteroatoms. The molecule has 1 N–H and O–H groups in total. The monoisotopic (exact) mass is 260 g/mol. The van der Waals surface area contributed by atoms with Crippen LogP contribution in [-0.2, 0) is 0 Å². The van der Waals surface area contributed by atoms with Gasteiger partial charge in [0.05, 0.1) is 5.56 Å². The fraction of sp³-hybridized carbons (Fsp3) is 0.429. The van der Waals surface area contributed by atoms with Gasteiger partial charge in [-0.3, -0.25) is 4.79 Å². The minimum Gasteiger partial charge on any atom is -0.353 e. The molecule has 1 aliphatic heterocycles. The molecular formula is C14H20N4O. The number of likely N-dealkylation sites (N-methyl/N-ethyl adjacent to an activating group) is 1. The number of hydrogen-bond acceptors (Lipinski definition) is 4. The van der Waals surface area contributed by atoms with Crippen LogP contribution in [0.1, 0.15) is 10.4 Å². The van der Waals surface area contributed by atoms with E-state index in [1.165, 1.54) is 0 Å². The van der Waals surface area contributed by atoms with E-state index in [1.54, 1.807) is 18.3 Å². The van der Waals surface area contributed by atoms with E-state index in [2.05, 4.69) is 33.7 Å². The molecule has 102 valence electrons. The summed E-state index contributed by atoms with van der Waals surface area (Å²) in [6.45, 7) is 7.85. The summed E-state index contributed by atoms with van der Waals surface area (Å²) in [5, 5.41) is 2.80. The van der Waals surface area contributed by atoms with Gasteiger partial charge in [-0.25, -0.2) is 4.98 Å². The van der Waals surface area contributed by atoms with Crippen LogP contribution < -0.4 is 10.2 Å². The highest BCUT2D eigenvalue weighted by Crippen LogP contribution is 2.18. The lowest BCUT2D eigenvalue weighted by Crippen LogP contribution is -2.45. The van der Waals surface area contributed by atoms with E-state index in [-0.39, 0.29) is 5.91 Å². The summed E-state index contributed by atoms with van der Waals surface area (Å²) in [5.74, 6) is 0.680. The third-order valence-electron chi connectivity index (χ3n) is 3.24. The Morgan fingerprint density at radius 1 is 1.47 bits per heavy atom. The largest absolute Gasteiger partial charge is 0.353 e. The van der Waals surface area contributed by atoms with Gasteiger partial charge in [0.15, 0.2) is 0 Å². The highest BCUT2D eigenvalue weighted by atomic mass is 16.1. The zero-order chi connectivity index (χ0) is 13.7. The predicted octanol–water partition coefficient (Wildman–Crippen LogP) is 0.749. The second-order valence-electron chi connectivity index (χ2n) is 4.66. The standard InChI is InChI=1S/C14H20N4O/c1-3-6-16-14(19)12-5-4-7-15-13(12)18-10-8-17(2)9-11-18/h3-5,7H,1,6,8-11H2,2H3,(H,16,19). The van der Waals surface area contributed by atoms with Gasteiger partial charge >= 0.3 is 0 Å². The maximum absolute atomic E-state index is 12.1. The number of piperazine rings is 1. The number of anilines is 1.